The van der Waals surface area contributed by atoms with Gasteiger partial charge in [0.25, 0.3) is 0 Å². The first-order chi connectivity index (χ1) is 9.06. The van der Waals surface area contributed by atoms with Crippen molar-refractivity contribution in [2.24, 2.45) is 5.10 Å². The Morgan fingerprint density at radius 2 is 1.21 bits per heavy atom. The van der Waals surface area contributed by atoms with E-state index < -0.39 is 0 Å². The zero-order valence-electron chi connectivity index (χ0n) is 11.7. The normalized spacial score (nSPS) is 10.9. The molecule has 1 N–H and O–H groups in total. The van der Waals surface area contributed by atoms with Crippen LogP contribution < -0.4 is 5.43 Å². The first-order valence-electron chi connectivity index (χ1n) is 6.52. The highest BCUT2D eigenvalue weighted by Gasteiger charge is 2.10. The number of hydrogen-bond donors (Lipinski definition) is 1. The second-order valence-electron chi connectivity index (χ2n) is 5.55. The number of nitrogens with one attached hydrogen (secondary N) is 1. The van der Waals surface area contributed by atoms with Gasteiger partial charge in [-0.3, -0.25) is 0 Å². The summed E-state index contributed by atoms with van der Waals surface area (Å²) in [5, 5.41) is 4.60. The molecule has 0 amide bonds. The molecule has 0 atom stereocenters. The van der Waals surface area contributed by atoms with Crippen molar-refractivity contribution in [2.45, 2.75) is 26.3 Å². The average Bonchev–Trinajstić information content (AvgIpc) is 2.40. The van der Waals surface area contributed by atoms with Gasteiger partial charge in [-0.05, 0) is 20.8 Å². The van der Waals surface area contributed by atoms with E-state index in [0.717, 1.165) is 16.8 Å². The van der Waals surface area contributed by atoms with Gasteiger partial charge in [0.1, 0.15) is 0 Å². The number of nitrogens with zero attached hydrogens (tertiary/aromatic N) is 1. The molecule has 2 nitrogen and oxygen atoms in total. The van der Waals surface area contributed by atoms with Gasteiger partial charge in [-0.25, -0.2) is 0 Å². The lowest BCUT2D eigenvalue weighted by molar-refractivity contribution is 0.441. The van der Waals surface area contributed by atoms with Crippen molar-refractivity contribution < 1.29 is 0 Å². The van der Waals surface area contributed by atoms with Crippen LogP contribution in [-0.2, 0) is 0 Å². The van der Waals surface area contributed by atoms with E-state index in [2.05, 4.69) is 55.6 Å². The zero-order valence-corrected chi connectivity index (χ0v) is 11.7. The van der Waals surface area contributed by atoms with Crippen LogP contribution >= 0.6 is 0 Å². The molecule has 0 aliphatic rings. The van der Waals surface area contributed by atoms with Gasteiger partial charge in [-0.15, -0.1) is 0 Å². The molecule has 0 aliphatic heterocycles. The van der Waals surface area contributed by atoms with Gasteiger partial charge in [-0.2, -0.15) is 5.10 Å². The Kier molecular flexibility index (Phi) is 4.00. The first-order valence-corrected chi connectivity index (χ1v) is 6.52. The lowest BCUT2D eigenvalue weighted by Gasteiger charge is -2.19. The summed E-state index contributed by atoms with van der Waals surface area (Å²) in [5.41, 5.74) is 6.36. The molecule has 2 aromatic carbocycles. The maximum absolute atomic E-state index is 4.60. The highest BCUT2D eigenvalue weighted by molar-refractivity contribution is 6.12. The van der Waals surface area contributed by atoms with Crippen molar-refractivity contribution in [3.63, 3.8) is 0 Å². The monoisotopic (exact) mass is 252 g/mol. The number of rotatable bonds is 3. The highest BCUT2D eigenvalue weighted by atomic mass is 15.3. The molecule has 0 aliphatic carbocycles. The van der Waals surface area contributed by atoms with Crippen LogP contribution in [0, 0.1) is 0 Å². The van der Waals surface area contributed by atoms with Gasteiger partial charge in [0.2, 0.25) is 0 Å². The summed E-state index contributed by atoms with van der Waals surface area (Å²) in [5.74, 6) is 0. The fourth-order valence-electron chi connectivity index (χ4n) is 1.71. The summed E-state index contributed by atoms with van der Waals surface area (Å²) in [4.78, 5) is 0. The van der Waals surface area contributed by atoms with Crippen LogP contribution in [0.5, 0.6) is 0 Å². The predicted octanol–water partition coefficient (Wildman–Crippen LogP) is 3.83. The van der Waals surface area contributed by atoms with Crippen LogP contribution in [-0.4, -0.2) is 11.3 Å². The second kappa shape index (κ2) is 5.70. The Morgan fingerprint density at radius 1 is 0.789 bits per heavy atom. The highest BCUT2D eigenvalue weighted by Crippen LogP contribution is 2.11. The number of benzene rings is 2. The Bertz CT molecular complexity index is 495. The van der Waals surface area contributed by atoms with Crippen LogP contribution in [0.2, 0.25) is 0 Å². The third-order valence-electron chi connectivity index (χ3n) is 2.60. The van der Waals surface area contributed by atoms with Gasteiger partial charge in [0.05, 0.1) is 5.71 Å². The van der Waals surface area contributed by atoms with Crippen molar-refractivity contribution >= 4 is 5.71 Å². The maximum Gasteiger partial charge on any atom is 0.0973 e. The van der Waals surface area contributed by atoms with E-state index in [1.165, 1.54) is 0 Å². The summed E-state index contributed by atoms with van der Waals surface area (Å²) < 4.78 is 0. The van der Waals surface area contributed by atoms with E-state index in [4.69, 9.17) is 0 Å². The standard InChI is InChI=1S/C17H20N2/c1-17(2,3)19-18-16(14-10-6-4-7-11-14)15-12-8-5-9-13-15/h4-13,19H,1-3H3. The molecule has 0 radical (unpaired) electrons. The summed E-state index contributed by atoms with van der Waals surface area (Å²) in [6, 6.07) is 20.5. The molecule has 0 aromatic heterocycles. The van der Waals surface area contributed by atoms with E-state index in [-0.39, 0.29) is 5.54 Å². The fourth-order valence-corrected chi connectivity index (χ4v) is 1.71. The minimum Gasteiger partial charge on any atom is -0.304 e. The van der Waals surface area contributed by atoms with Gasteiger partial charge >= 0.3 is 0 Å². The minimum atomic E-state index is -0.0468. The first kappa shape index (κ1) is 13.3. The third-order valence-corrected chi connectivity index (χ3v) is 2.60. The average molecular weight is 252 g/mol. The topological polar surface area (TPSA) is 24.4 Å². The molecule has 98 valence electrons. The maximum atomic E-state index is 4.60. The van der Waals surface area contributed by atoms with Crippen molar-refractivity contribution in [1.82, 2.24) is 5.43 Å². The molecule has 0 spiro atoms. The molecule has 2 aromatic rings. The van der Waals surface area contributed by atoms with Crippen LogP contribution in [0.3, 0.4) is 0 Å². The summed E-state index contributed by atoms with van der Waals surface area (Å²) >= 11 is 0. The predicted molar refractivity (Wildman–Crippen MR) is 81.4 cm³/mol. The summed E-state index contributed by atoms with van der Waals surface area (Å²) in [6.07, 6.45) is 0. The van der Waals surface area contributed by atoms with Gasteiger partial charge in [0, 0.05) is 16.7 Å². The Morgan fingerprint density at radius 3 is 1.58 bits per heavy atom. The van der Waals surface area contributed by atoms with Crippen molar-refractivity contribution in [2.75, 3.05) is 0 Å². The zero-order chi connectivity index (χ0) is 13.7. The molecule has 0 saturated heterocycles. The van der Waals surface area contributed by atoms with Crippen molar-refractivity contribution in [3.8, 4) is 0 Å². The van der Waals surface area contributed by atoms with Gasteiger partial charge in [-0.1, -0.05) is 60.7 Å². The van der Waals surface area contributed by atoms with Crippen molar-refractivity contribution in [3.05, 3.63) is 71.8 Å². The van der Waals surface area contributed by atoms with Crippen LogP contribution in [0.4, 0.5) is 0 Å². The smallest absolute Gasteiger partial charge is 0.0973 e. The van der Waals surface area contributed by atoms with Crippen molar-refractivity contribution in [1.29, 1.82) is 0 Å². The summed E-state index contributed by atoms with van der Waals surface area (Å²) in [6.45, 7) is 6.30. The molecule has 2 heteroatoms. The van der Waals surface area contributed by atoms with Crippen LogP contribution in [0.25, 0.3) is 0 Å². The van der Waals surface area contributed by atoms with Gasteiger partial charge < -0.3 is 5.43 Å². The molecular formula is C17H20N2. The molecular weight excluding hydrogens is 232 g/mol. The van der Waals surface area contributed by atoms with E-state index in [0.29, 0.717) is 0 Å². The molecule has 0 heterocycles. The molecule has 0 saturated carbocycles. The van der Waals surface area contributed by atoms with E-state index in [1.54, 1.807) is 0 Å². The van der Waals surface area contributed by atoms with E-state index in [1.807, 2.05) is 36.4 Å². The fraction of sp³-hybridized carbons (Fsp3) is 0.235. The molecule has 2 rings (SSSR count). The Labute approximate surface area is 115 Å². The van der Waals surface area contributed by atoms with E-state index >= 15 is 0 Å². The van der Waals surface area contributed by atoms with Gasteiger partial charge in [0.15, 0.2) is 0 Å². The number of hydrogen-bond acceptors (Lipinski definition) is 2. The Balaban J connectivity index is 2.40. The lowest BCUT2D eigenvalue weighted by Crippen LogP contribution is -2.32. The number of hydrazone groups is 1. The largest absolute Gasteiger partial charge is 0.304 e. The molecule has 19 heavy (non-hydrogen) atoms. The SMILES string of the molecule is CC(C)(C)NN=C(c1ccccc1)c1ccccc1. The van der Waals surface area contributed by atoms with E-state index in [9.17, 15) is 0 Å². The Hall–Kier alpha value is -2.09. The second-order valence-corrected chi connectivity index (χ2v) is 5.55. The third kappa shape index (κ3) is 3.95. The molecule has 0 unspecified atom stereocenters. The lowest BCUT2D eigenvalue weighted by atomic mass is 10.0. The quantitative estimate of drug-likeness (QED) is 0.651. The molecule has 0 fully saturated rings. The summed E-state index contributed by atoms with van der Waals surface area (Å²) in [7, 11) is 0. The molecule has 0 bridgehead atoms. The van der Waals surface area contributed by atoms with Crippen LogP contribution in [0.1, 0.15) is 31.9 Å². The van der Waals surface area contributed by atoms with Crippen LogP contribution in [0.15, 0.2) is 65.8 Å². The minimum absolute atomic E-state index is 0.0468.